The summed E-state index contributed by atoms with van der Waals surface area (Å²) in [5.41, 5.74) is 6.45. The Morgan fingerprint density at radius 2 is 1.95 bits per heavy atom. The number of nitrogens with zero attached hydrogens (tertiary/aromatic N) is 2. The van der Waals surface area contributed by atoms with Crippen molar-refractivity contribution in [3.8, 4) is 0 Å². The molecule has 1 aromatic heterocycles. The van der Waals surface area contributed by atoms with E-state index in [-0.39, 0.29) is 0 Å². The van der Waals surface area contributed by atoms with Crippen LogP contribution in [0.1, 0.15) is 19.7 Å². The lowest BCUT2D eigenvalue weighted by Crippen LogP contribution is -2.14. The van der Waals surface area contributed by atoms with E-state index in [9.17, 15) is 8.78 Å². The fourth-order valence-corrected chi connectivity index (χ4v) is 2.28. The maximum atomic E-state index is 13.5. The number of hydrogen-bond acceptors (Lipinski definition) is 3. The molecule has 0 radical (unpaired) electrons. The predicted octanol–water partition coefficient (Wildman–Crippen LogP) is 2.49. The Labute approximate surface area is 122 Å². The van der Waals surface area contributed by atoms with Crippen molar-refractivity contribution in [2.75, 3.05) is 19.8 Å². The van der Waals surface area contributed by atoms with Gasteiger partial charge in [0.1, 0.15) is 5.82 Å². The van der Waals surface area contributed by atoms with E-state index in [1.54, 1.807) is 0 Å². The van der Waals surface area contributed by atoms with Gasteiger partial charge in [0.2, 0.25) is 0 Å². The molecule has 1 heterocycles. The van der Waals surface area contributed by atoms with Crippen molar-refractivity contribution in [2.24, 2.45) is 11.7 Å². The summed E-state index contributed by atoms with van der Waals surface area (Å²) < 4.78 is 34.1. The summed E-state index contributed by atoms with van der Waals surface area (Å²) >= 11 is 0. The third kappa shape index (κ3) is 3.77. The zero-order valence-electron chi connectivity index (χ0n) is 12.4. The van der Waals surface area contributed by atoms with Crippen molar-refractivity contribution >= 4 is 11.0 Å². The standard InChI is InChI=1S/C15H21F2N3O/c1-10(2)7-15-19-13-8-11(16)12(17)9-14(13)20(15)4-6-21-5-3-18/h8-10H,3-7,18H2,1-2H3. The van der Waals surface area contributed by atoms with Gasteiger partial charge in [0.25, 0.3) is 0 Å². The largest absolute Gasteiger partial charge is 0.378 e. The van der Waals surface area contributed by atoms with Crippen molar-refractivity contribution in [1.29, 1.82) is 0 Å². The van der Waals surface area contributed by atoms with E-state index in [1.165, 1.54) is 6.07 Å². The molecule has 0 saturated heterocycles. The van der Waals surface area contributed by atoms with E-state index >= 15 is 0 Å². The molecule has 2 aromatic rings. The highest BCUT2D eigenvalue weighted by atomic mass is 19.2. The van der Waals surface area contributed by atoms with Gasteiger partial charge in [-0.3, -0.25) is 0 Å². The van der Waals surface area contributed by atoms with Crippen molar-refractivity contribution in [1.82, 2.24) is 9.55 Å². The maximum Gasteiger partial charge on any atom is 0.161 e. The highest BCUT2D eigenvalue weighted by Gasteiger charge is 2.15. The van der Waals surface area contributed by atoms with Gasteiger partial charge in [0.05, 0.1) is 24.2 Å². The second-order valence-electron chi connectivity index (χ2n) is 5.43. The Bertz CT molecular complexity index is 610. The second kappa shape index (κ2) is 6.95. The molecule has 21 heavy (non-hydrogen) atoms. The molecule has 2 N–H and O–H groups in total. The number of rotatable bonds is 7. The first-order valence-electron chi connectivity index (χ1n) is 7.15. The number of ether oxygens (including phenoxy) is 1. The normalized spacial score (nSPS) is 11.7. The highest BCUT2D eigenvalue weighted by Crippen LogP contribution is 2.21. The number of aromatic nitrogens is 2. The first-order valence-corrected chi connectivity index (χ1v) is 7.15. The molecule has 0 aliphatic carbocycles. The molecular formula is C15H21F2N3O. The minimum atomic E-state index is -0.873. The molecule has 0 unspecified atom stereocenters. The molecular weight excluding hydrogens is 276 g/mol. The van der Waals surface area contributed by atoms with Crippen molar-refractivity contribution in [2.45, 2.75) is 26.8 Å². The molecule has 0 atom stereocenters. The number of fused-ring (bicyclic) bond motifs is 1. The Kier molecular flexibility index (Phi) is 5.25. The van der Waals surface area contributed by atoms with Crippen LogP contribution in [-0.2, 0) is 17.7 Å². The zero-order chi connectivity index (χ0) is 15.4. The minimum Gasteiger partial charge on any atom is -0.378 e. The van der Waals surface area contributed by atoms with Crippen molar-refractivity contribution in [3.05, 3.63) is 29.6 Å². The molecule has 6 heteroatoms. The second-order valence-corrected chi connectivity index (χ2v) is 5.43. The Morgan fingerprint density at radius 3 is 2.62 bits per heavy atom. The van der Waals surface area contributed by atoms with E-state index in [2.05, 4.69) is 18.8 Å². The van der Waals surface area contributed by atoms with Gasteiger partial charge in [-0.15, -0.1) is 0 Å². The lowest BCUT2D eigenvalue weighted by molar-refractivity contribution is 0.133. The number of benzene rings is 1. The van der Waals surface area contributed by atoms with Crippen molar-refractivity contribution < 1.29 is 13.5 Å². The molecule has 116 valence electrons. The van der Waals surface area contributed by atoms with Crippen LogP contribution in [0.4, 0.5) is 8.78 Å². The van der Waals surface area contributed by atoms with Crippen LogP contribution in [0, 0.1) is 17.6 Å². The number of imidazole rings is 1. The van der Waals surface area contributed by atoms with Crippen LogP contribution in [-0.4, -0.2) is 29.3 Å². The summed E-state index contributed by atoms with van der Waals surface area (Å²) in [6, 6.07) is 2.34. The Hall–Kier alpha value is -1.53. The van der Waals surface area contributed by atoms with Gasteiger partial charge in [0, 0.05) is 31.6 Å². The first-order chi connectivity index (χ1) is 10.0. The predicted molar refractivity (Wildman–Crippen MR) is 78.1 cm³/mol. The zero-order valence-corrected chi connectivity index (χ0v) is 12.4. The molecule has 0 amide bonds. The van der Waals surface area contributed by atoms with Crippen LogP contribution in [0.2, 0.25) is 0 Å². The summed E-state index contributed by atoms with van der Waals surface area (Å²) in [4.78, 5) is 4.43. The van der Waals surface area contributed by atoms with E-state index in [0.717, 1.165) is 18.3 Å². The third-order valence-corrected chi connectivity index (χ3v) is 3.18. The number of hydrogen-bond donors (Lipinski definition) is 1. The Balaban J connectivity index is 2.34. The van der Waals surface area contributed by atoms with Gasteiger partial charge in [0.15, 0.2) is 11.6 Å². The maximum absolute atomic E-state index is 13.5. The Morgan fingerprint density at radius 1 is 1.24 bits per heavy atom. The molecule has 2 rings (SSSR count). The topological polar surface area (TPSA) is 53.1 Å². The SMILES string of the molecule is CC(C)Cc1nc2cc(F)c(F)cc2n1CCOCCN. The van der Waals surface area contributed by atoms with Crippen molar-refractivity contribution in [3.63, 3.8) is 0 Å². The fourth-order valence-electron chi connectivity index (χ4n) is 2.28. The third-order valence-electron chi connectivity index (χ3n) is 3.18. The quantitative estimate of drug-likeness (QED) is 0.799. The molecule has 0 aliphatic rings. The first kappa shape index (κ1) is 15.9. The summed E-state index contributed by atoms with van der Waals surface area (Å²) in [5, 5.41) is 0. The summed E-state index contributed by atoms with van der Waals surface area (Å²) in [5.74, 6) is -0.508. The van der Waals surface area contributed by atoms with Crippen LogP contribution >= 0.6 is 0 Å². The molecule has 0 spiro atoms. The number of nitrogens with two attached hydrogens (primary N) is 1. The monoisotopic (exact) mass is 297 g/mol. The van der Waals surface area contributed by atoms with E-state index in [1.807, 2.05) is 4.57 Å². The molecule has 0 aliphatic heterocycles. The van der Waals surface area contributed by atoms with E-state index in [0.29, 0.717) is 43.3 Å². The summed E-state index contributed by atoms with van der Waals surface area (Å²) in [6.45, 7) is 6.11. The molecule has 0 fully saturated rings. The van der Waals surface area contributed by atoms with Crippen LogP contribution < -0.4 is 5.73 Å². The van der Waals surface area contributed by atoms with Gasteiger partial charge in [-0.25, -0.2) is 13.8 Å². The van der Waals surface area contributed by atoms with E-state index in [4.69, 9.17) is 10.5 Å². The summed E-state index contributed by atoms with van der Waals surface area (Å²) in [7, 11) is 0. The summed E-state index contributed by atoms with van der Waals surface area (Å²) in [6.07, 6.45) is 0.745. The minimum absolute atomic E-state index is 0.403. The van der Waals surface area contributed by atoms with Gasteiger partial charge >= 0.3 is 0 Å². The lowest BCUT2D eigenvalue weighted by atomic mass is 10.1. The average molecular weight is 297 g/mol. The van der Waals surface area contributed by atoms with Gasteiger partial charge in [-0.05, 0) is 5.92 Å². The van der Waals surface area contributed by atoms with E-state index < -0.39 is 11.6 Å². The van der Waals surface area contributed by atoms with Gasteiger partial charge in [-0.2, -0.15) is 0 Å². The van der Waals surface area contributed by atoms with Crippen LogP contribution in [0.15, 0.2) is 12.1 Å². The fraction of sp³-hybridized carbons (Fsp3) is 0.533. The van der Waals surface area contributed by atoms with Gasteiger partial charge < -0.3 is 15.0 Å². The molecule has 0 bridgehead atoms. The lowest BCUT2D eigenvalue weighted by Gasteiger charge is -2.11. The molecule has 0 saturated carbocycles. The average Bonchev–Trinajstić information content (AvgIpc) is 2.72. The van der Waals surface area contributed by atoms with Crippen LogP contribution in [0.25, 0.3) is 11.0 Å². The number of halogens is 2. The smallest absolute Gasteiger partial charge is 0.161 e. The van der Waals surface area contributed by atoms with Crippen LogP contribution in [0.3, 0.4) is 0 Å². The molecule has 4 nitrogen and oxygen atoms in total. The van der Waals surface area contributed by atoms with Gasteiger partial charge in [-0.1, -0.05) is 13.8 Å². The highest BCUT2D eigenvalue weighted by molar-refractivity contribution is 5.76. The molecule has 1 aromatic carbocycles. The van der Waals surface area contributed by atoms with Crippen LogP contribution in [0.5, 0.6) is 0 Å².